The molecule has 0 radical (unpaired) electrons. The number of nitrogens with zero attached hydrogens (tertiary/aromatic N) is 2. The molecule has 1 aliphatic rings. The molecule has 3 heteroatoms. The first kappa shape index (κ1) is 12.2. The second-order valence-corrected chi connectivity index (χ2v) is 5.26. The van der Waals surface area contributed by atoms with Crippen LogP contribution in [-0.2, 0) is 0 Å². The summed E-state index contributed by atoms with van der Waals surface area (Å²) < 4.78 is 0. The van der Waals surface area contributed by atoms with Gasteiger partial charge in [-0.05, 0) is 57.6 Å². The Hall–Kier alpha value is -1.22. The van der Waals surface area contributed by atoms with Crippen LogP contribution in [0.4, 0.5) is 11.4 Å². The normalized spacial score (nSPS) is 22.5. The van der Waals surface area contributed by atoms with Crippen molar-refractivity contribution in [2.75, 3.05) is 37.3 Å². The van der Waals surface area contributed by atoms with E-state index in [9.17, 15) is 0 Å². The lowest BCUT2D eigenvalue weighted by Gasteiger charge is -2.30. The van der Waals surface area contributed by atoms with Crippen LogP contribution in [0.5, 0.6) is 0 Å². The fourth-order valence-electron chi connectivity index (χ4n) is 2.71. The SMILES string of the molecule is Cc1cc(N)cc(N2CCCN(C)CC2C)c1. The number of nitrogen functional groups attached to an aromatic ring is 1. The van der Waals surface area contributed by atoms with Crippen LogP contribution in [0, 0.1) is 6.92 Å². The number of anilines is 2. The van der Waals surface area contributed by atoms with Crippen LogP contribution in [0.25, 0.3) is 0 Å². The highest BCUT2D eigenvalue weighted by molar-refractivity contribution is 5.59. The summed E-state index contributed by atoms with van der Waals surface area (Å²) in [7, 11) is 2.20. The molecule has 1 aromatic carbocycles. The van der Waals surface area contributed by atoms with Gasteiger partial charge in [-0.15, -0.1) is 0 Å². The van der Waals surface area contributed by atoms with E-state index in [2.05, 4.69) is 42.8 Å². The van der Waals surface area contributed by atoms with E-state index in [1.165, 1.54) is 24.2 Å². The van der Waals surface area contributed by atoms with Gasteiger partial charge in [0.1, 0.15) is 0 Å². The third kappa shape index (κ3) is 2.91. The van der Waals surface area contributed by atoms with Gasteiger partial charge in [0, 0.05) is 30.5 Å². The van der Waals surface area contributed by atoms with Gasteiger partial charge >= 0.3 is 0 Å². The molecule has 0 amide bonds. The number of likely N-dealkylation sites (N-methyl/N-ethyl adjacent to an activating group) is 1. The van der Waals surface area contributed by atoms with Crippen molar-refractivity contribution in [1.29, 1.82) is 0 Å². The van der Waals surface area contributed by atoms with E-state index in [1.54, 1.807) is 0 Å². The average Bonchev–Trinajstić information content (AvgIpc) is 2.37. The first-order chi connectivity index (χ1) is 8.06. The van der Waals surface area contributed by atoms with Crippen molar-refractivity contribution in [3.05, 3.63) is 23.8 Å². The van der Waals surface area contributed by atoms with Crippen molar-refractivity contribution in [3.8, 4) is 0 Å². The fraction of sp³-hybridized carbons (Fsp3) is 0.571. The Morgan fingerprint density at radius 3 is 2.71 bits per heavy atom. The quantitative estimate of drug-likeness (QED) is 0.754. The molecule has 1 saturated heterocycles. The van der Waals surface area contributed by atoms with Crippen LogP contribution in [0.2, 0.25) is 0 Å². The van der Waals surface area contributed by atoms with Gasteiger partial charge in [0.05, 0.1) is 0 Å². The largest absolute Gasteiger partial charge is 0.399 e. The molecular weight excluding hydrogens is 210 g/mol. The van der Waals surface area contributed by atoms with Crippen LogP contribution in [0.1, 0.15) is 18.9 Å². The molecule has 1 aliphatic heterocycles. The van der Waals surface area contributed by atoms with E-state index in [-0.39, 0.29) is 0 Å². The molecule has 0 aromatic heterocycles. The Balaban J connectivity index is 2.25. The maximum absolute atomic E-state index is 5.94. The molecule has 1 aromatic rings. The summed E-state index contributed by atoms with van der Waals surface area (Å²) in [5.41, 5.74) is 9.32. The zero-order valence-corrected chi connectivity index (χ0v) is 11.1. The summed E-state index contributed by atoms with van der Waals surface area (Å²) >= 11 is 0. The maximum atomic E-state index is 5.94. The molecule has 3 nitrogen and oxygen atoms in total. The lowest BCUT2D eigenvalue weighted by molar-refractivity contribution is 0.337. The molecule has 1 fully saturated rings. The average molecular weight is 233 g/mol. The van der Waals surface area contributed by atoms with Gasteiger partial charge in [0.15, 0.2) is 0 Å². The molecule has 2 rings (SSSR count). The standard InChI is InChI=1S/C14H23N3/c1-11-7-13(15)9-14(8-11)17-6-4-5-16(3)10-12(17)2/h7-9,12H,4-6,10,15H2,1-3H3. The second-order valence-electron chi connectivity index (χ2n) is 5.26. The molecule has 1 heterocycles. The zero-order valence-electron chi connectivity index (χ0n) is 11.1. The molecule has 94 valence electrons. The Bertz CT molecular complexity index is 369. The minimum Gasteiger partial charge on any atom is -0.399 e. The molecule has 0 saturated carbocycles. The van der Waals surface area contributed by atoms with Gasteiger partial charge in [0.2, 0.25) is 0 Å². The maximum Gasteiger partial charge on any atom is 0.0392 e. The number of rotatable bonds is 1. The number of hydrogen-bond acceptors (Lipinski definition) is 3. The highest BCUT2D eigenvalue weighted by atomic mass is 15.2. The van der Waals surface area contributed by atoms with Crippen molar-refractivity contribution >= 4 is 11.4 Å². The second kappa shape index (κ2) is 4.96. The highest BCUT2D eigenvalue weighted by Crippen LogP contribution is 2.24. The number of aryl methyl sites for hydroxylation is 1. The van der Waals surface area contributed by atoms with E-state index < -0.39 is 0 Å². The van der Waals surface area contributed by atoms with Gasteiger partial charge < -0.3 is 15.5 Å². The van der Waals surface area contributed by atoms with Gasteiger partial charge in [0.25, 0.3) is 0 Å². The summed E-state index contributed by atoms with van der Waals surface area (Å²) in [6.07, 6.45) is 1.22. The first-order valence-corrected chi connectivity index (χ1v) is 6.38. The lowest BCUT2D eigenvalue weighted by Crippen LogP contribution is -2.38. The van der Waals surface area contributed by atoms with E-state index >= 15 is 0 Å². The lowest BCUT2D eigenvalue weighted by atomic mass is 10.1. The number of benzene rings is 1. The van der Waals surface area contributed by atoms with Crippen molar-refractivity contribution in [2.45, 2.75) is 26.3 Å². The Morgan fingerprint density at radius 1 is 1.24 bits per heavy atom. The molecular formula is C14H23N3. The van der Waals surface area contributed by atoms with E-state index in [1.807, 2.05) is 6.07 Å². The predicted molar refractivity (Wildman–Crippen MR) is 74.5 cm³/mol. The highest BCUT2D eigenvalue weighted by Gasteiger charge is 2.20. The number of nitrogens with two attached hydrogens (primary N) is 1. The van der Waals surface area contributed by atoms with Gasteiger partial charge in [-0.2, -0.15) is 0 Å². The molecule has 17 heavy (non-hydrogen) atoms. The third-order valence-electron chi connectivity index (χ3n) is 3.46. The summed E-state index contributed by atoms with van der Waals surface area (Å²) in [6, 6.07) is 6.90. The Morgan fingerprint density at radius 2 is 2.00 bits per heavy atom. The van der Waals surface area contributed by atoms with Gasteiger partial charge in [-0.3, -0.25) is 0 Å². The van der Waals surface area contributed by atoms with Crippen LogP contribution >= 0.6 is 0 Å². The molecule has 1 atom stereocenters. The third-order valence-corrected chi connectivity index (χ3v) is 3.46. The zero-order chi connectivity index (χ0) is 12.4. The van der Waals surface area contributed by atoms with Crippen LogP contribution in [-0.4, -0.2) is 37.6 Å². The minimum absolute atomic E-state index is 0.545. The summed E-state index contributed by atoms with van der Waals surface area (Å²) in [5, 5.41) is 0. The first-order valence-electron chi connectivity index (χ1n) is 6.38. The monoisotopic (exact) mass is 233 g/mol. The van der Waals surface area contributed by atoms with E-state index in [4.69, 9.17) is 5.73 Å². The fourth-order valence-corrected chi connectivity index (χ4v) is 2.71. The molecule has 0 aliphatic carbocycles. The molecule has 0 bridgehead atoms. The van der Waals surface area contributed by atoms with Crippen LogP contribution < -0.4 is 10.6 Å². The minimum atomic E-state index is 0.545. The summed E-state index contributed by atoms with van der Waals surface area (Å²) in [5.74, 6) is 0. The number of hydrogen-bond donors (Lipinski definition) is 1. The van der Waals surface area contributed by atoms with Crippen molar-refractivity contribution < 1.29 is 0 Å². The van der Waals surface area contributed by atoms with E-state index in [0.717, 1.165) is 18.8 Å². The Kier molecular flexibility index (Phi) is 3.57. The van der Waals surface area contributed by atoms with Crippen molar-refractivity contribution in [3.63, 3.8) is 0 Å². The predicted octanol–water partition coefficient (Wildman–Crippen LogP) is 2.11. The molecule has 0 spiro atoms. The van der Waals surface area contributed by atoms with Gasteiger partial charge in [-0.1, -0.05) is 0 Å². The molecule has 1 unspecified atom stereocenters. The van der Waals surface area contributed by atoms with E-state index in [0.29, 0.717) is 6.04 Å². The van der Waals surface area contributed by atoms with Crippen molar-refractivity contribution in [2.24, 2.45) is 0 Å². The summed E-state index contributed by atoms with van der Waals surface area (Å²) in [6.45, 7) is 7.82. The smallest absolute Gasteiger partial charge is 0.0392 e. The van der Waals surface area contributed by atoms with Crippen molar-refractivity contribution in [1.82, 2.24) is 4.90 Å². The topological polar surface area (TPSA) is 32.5 Å². The summed E-state index contributed by atoms with van der Waals surface area (Å²) in [4.78, 5) is 4.89. The Labute approximate surface area is 104 Å². The molecule has 2 N–H and O–H groups in total. The van der Waals surface area contributed by atoms with Gasteiger partial charge in [-0.25, -0.2) is 0 Å². The van der Waals surface area contributed by atoms with Crippen LogP contribution in [0.15, 0.2) is 18.2 Å². The van der Waals surface area contributed by atoms with Crippen LogP contribution in [0.3, 0.4) is 0 Å².